The molecule has 1 amide bonds. The van der Waals surface area contributed by atoms with E-state index in [1.807, 2.05) is 0 Å². The monoisotopic (exact) mass is 327 g/mol. The van der Waals surface area contributed by atoms with Gasteiger partial charge in [-0.25, -0.2) is 4.39 Å². The topological polar surface area (TPSA) is 66.4 Å². The molecule has 120 valence electrons. The van der Waals surface area contributed by atoms with Crippen molar-refractivity contribution in [3.63, 3.8) is 0 Å². The average Bonchev–Trinajstić information content (AvgIpc) is 2.47. The van der Waals surface area contributed by atoms with Crippen LogP contribution in [0.15, 0.2) is 18.2 Å². The highest BCUT2D eigenvalue weighted by atomic mass is 35.5. The van der Waals surface area contributed by atoms with E-state index >= 15 is 0 Å². The van der Waals surface area contributed by atoms with Crippen LogP contribution in [-0.2, 0) is 4.79 Å². The van der Waals surface area contributed by atoms with Crippen LogP contribution < -0.4 is 5.32 Å². The van der Waals surface area contributed by atoms with E-state index in [0.29, 0.717) is 23.4 Å². The Labute approximate surface area is 133 Å². The molecule has 0 aliphatic heterocycles. The van der Waals surface area contributed by atoms with Crippen LogP contribution in [0.1, 0.15) is 48.7 Å². The number of aliphatic hydroxyl groups excluding tert-OH is 1. The second-order valence-corrected chi connectivity index (χ2v) is 6.44. The summed E-state index contributed by atoms with van der Waals surface area (Å²) in [5.41, 5.74) is -0.412. The summed E-state index contributed by atoms with van der Waals surface area (Å²) in [6, 6.07) is 2.98. The first kappa shape index (κ1) is 16.9. The van der Waals surface area contributed by atoms with Gasteiger partial charge in [0.25, 0.3) is 0 Å². The maximum absolute atomic E-state index is 13.5. The summed E-state index contributed by atoms with van der Waals surface area (Å²) in [6.45, 7) is 3.23. The van der Waals surface area contributed by atoms with E-state index < -0.39 is 23.4 Å². The minimum Gasteiger partial charge on any atom is -0.390 e. The fourth-order valence-electron chi connectivity index (χ4n) is 2.70. The molecule has 0 spiro atoms. The molecule has 0 aromatic heterocycles. The van der Waals surface area contributed by atoms with E-state index in [-0.39, 0.29) is 18.1 Å². The second kappa shape index (κ2) is 6.34. The number of carbonyl (C=O) groups is 2. The Bertz CT molecular complexity index is 603. The Hall–Kier alpha value is -1.46. The van der Waals surface area contributed by atoms with Crippen molar-refractivity contribution in [2.45, 2.75) is 38.8 Å². The SMILES string of the molecule is CC1(C)C(=O)c2ccc(F)cc2C(NC(=O)CCCCl)C1O. The molecule has 0 saturated carbocycles. The minimum absolute atomic E-state index is 0.214. The van der Waals surface area contributed by atoms with Gasteiger partial charge in [-0.15, -0.1) is 11.6 Å². The zero-order chi connectivity index (χ0) is 16.5. The Kier molecular flexibility index (Phi) is 4.87. The van der Waals surface area contributed by atoms with E-state index in [1.165, 1.54) is 18.2 Å². The maximum atomic E-state index is 13.5. The van der Waals surface area contributed by atoms with Crippen LogP contribution in [0.3, 0.4) is 0 Å². The minimum atomic E-state index is -1.13. The van der Waals surface area contributed by atoms with Gasteiger partial charge in [0, 0.05) is 17.9 Å². The van der Waals surface area contributed by atoms with Gasteiger partial charge in [-0.05, 0) is 44.0 Å². The van der Waals surface area contributed by atoms with E-state index in [2.05, 4.69) is 5.32 Å². The van der Waals surface area contributed by atoms with Crippen molar-refractivity contribution in [1.82, 2.24) is 5.32 Å². The number of amides is 1. The molecule has 0 heterocycles. The fourth-order valence-corrected chi connectivity index (χ4v) is 2.83. The number of nitrogens with one attached hydrogen (secondary N) is 1. The van der Waals surface area contributed by atoms with Gasteiger partial charge < -0.3 is 10.4 Å². The molecule has 1 aliphatic rings. The van der Waals surface area contributed by atoms with Gasteiger partial charge >= 0.3 is 0 Å². The number of ketones is 1. The van der Waals surface area contributed by atoms with E-state index in [4.69, 9.17) is 11.6 Å². The Morgan fingerprint density at radius 1 is 1.45 bits per heavy atom. The molecule has 6 heteroatoms. The third-order valence-corrected chi connectivity index (χ3v) is 4.35. The molecule has 22 heavy (non-hydrogen) atoms. The lowest BCUT2D eigenvalue weighted by atomic mass is 9.68. The number of aliphatic hydroxyl groups is 1. The summed E-state index contributed by atoms with van der Waals surface area (Å²) in [6.07, 6.45) is -0.408. The molecular formula is C16H19ClFNO3. The molecule has 1 aliphatic carbocycles. The van der Waals surface area contributed by atoms with Crippen molar-refractivity contribution in [3.05, 3.63) is 35.1 Å². The zero-order valence-electron chi connectivity index (χ0n) is 12.5. The Morgan fingerprint density at radius 3 is 2.77 bits per heavy atom. The molecule has 0 saturated heterocycles. The molecule has 0 radical (unpaired) electrons. The molecule has 0 bridgehead atoms. The van der Waals surface area contributed by atoms with Crippen molar-refractivity contribution < 1.29 is 19.1 Å². The largest absolute Gasteiger partial charge is 0.390 e. The van der Waals surface area contributed by atoms with E-state index in [0.717, 1.165) is 0 Å². The van der Waals surface area contributed by atoms with Gasteiger partial charge in [-0.1, -0.05) is 0 Å². The van der Waals surface area contributed by atoms with Crippen molar-refractivity contribution in [2.24, 2.45) is 5.41 Å². The standard InChI is InChI=1S/C16H19ClFNO3/c1-16(2)14(21)10-6-5-9(18)8-11(10)13(15(16)22)19-12(20)4-3-7-17/h5-6,8,13,15,22H,3-4,7H2,1-2H3,(H,19,20). The molecule has 0 fully saturated rings. The summed E-state index contributed by atoms with van der Waals surface area (Å²) in [5, 5.41) is 13.2. The quantitative estimate of drug-likeness (QED) is 0.835. The number of halogens is 2. The highest BCUT2D eigenvalue weighted by molar-refractivity contribution is 6.17. The highest BCUT2D eigenvalue weighted by Gasteiger charge is 2.47. The molecule has 4 nitrogen and oxygen atoms in total. The van der Waals surface area contributed by atoms with Crippen LogP contribution >= 0.6 is 11.6 Å². The Balaban J connectivity index is 2.39. The lowest BCUT2D eigenvalue weighted by Crippen LogP contribution is -2.51. The normalized spacial score (nSPS) is 23.0. The molecule has 2 unspecified atom stereocenters. The van der Waals surface area contributed by atoms with Crippen molar-refractivity contribution in [2.75, 3.05) is 5.88 Å². The van der Waals surface area contributed by atoms with Gasteiger partial charge in [0.15, 0.2) is 5.78 Å². The third kappa shape index (κ3) is 3.01. The predicted octanol–water partition coefficient (Wildman–Crippen LogP) is 2.59. The van der Waals surface area contributed by atoms with Crippen molar-refractivity contribution in [3.8, 4) is 0 Å². The molecule has 2 atom stereocenters. The summed E-state index contributed by atoms with van der Waals surface area (Å²) < 4.78 is 13.5. The number of hydrogen-bond acceptors (Lipinski definition) is 3. The summed E-state index contributed by atoms with van der Waals surface area (Å²) in [5.74, 6) is -0.708. The number of alkyl halides is 1. The smallest absolute Gasteiger partial charge is 0.220 e. The van der Waals surface area contributed by atoms with Gasteiger partial charge in [-0.3, -0.25) is 9.59 Å². The maximum Gasteiger partial charge on any atom is 0.220 e. The van der Waals surface area contributed by atoms with Crippen LogP contribution in [0.2, 0.25) is 0 Å². The number of fused-ring (bicyclic) bond motifs is 1. The first-order valence-corrected chi connectivity index (χ1v) is 7.70. The van der Waals surface area contributed by atoms with Crippen LogP contribution in [0, 0.1) is 11.2 Å². The van der Waals surface area contributed by atoms with Crippen LogP contribution in [0.5, 0.6) is 0 Å². The zero-order valence-corrected chi connectivity index (χ0v) is 13.3. The second-order valence-electron chi connectivity index (χ2n) is 6.06. The van der Waals surface area contributed by atoms with Crippen molar-refractivity contribution in [1.29, 1.82) is 0 Å². The predicted molar refractivity (Wildman–Crippen MR) is 81.4 cm³/mol. The number of benzene rings is 1. The summed E-state index contributed by atoms with van der Waals surface area (Å²) in [7, 11) is 0. The number of carbonyl (C=O) groups excluding carboxylic acids is 2. The molecular weight excluding hydrogens is 309 g/mol. The fraction of sp³-hybridized carbons (Fsp3) is 0.500. The van der Waals surface area contributed by atoms with Crippen molar-refractivity contribution >= 4 is 23.3 Å². The van der Waals surface area contributed by atoms with Gasteiger partial charge in [0.05, 0.1) is 17.6 Å². The first-order chi connectivity index (χ1) is 10.3. The molecule has 1 aromatic carbocycles. The van der Waals surface area contributed by atoms with Gasteiger partial charge in [-0.2, -0.15) is 0 Å². The first-order valence-electron chi connectivity index (χ1n) is 7.16. The van der Waals surface area contributed by atoms with E-state index in [9.17, 15) is 19.1 Å². The summed E-state index contributed by atoms with van der Waals surface area (Å²) in [4.78, 5) is 24.4. The lowest BCUT2D eigenvalue weighted by molar-refractivity contribution is -0.123. The Morgan fingerprint density at radius 2 is 2.14 bits per heavy atom. The highest BCUT2D eigenvalue weighted by Crippen LogP contribution is 2.41. The van der Waals surface area contributed by atoms with Crippen LogP contribution in [0.4, 0.5) is 4.39 Å². The number of rotatable bonds is 4. The molecule has 2 rings (SSSR count). The molecule has 2 N–H and O–H groups in total. The van der Waals surface area contributed by atoms with Gasteiger partial charge in [0.1, 0.15) is 5.82 Å². The third-order valence-electron chi connectivity index (χ3n) is 4.09. The van der Waals surface area contributed by atoms with Crippen LogP contribution in [0.25, 0.3) is 0 Å². The average molecular weight is 328 g/mol. The summed E-state index contributed by atoms with van der Waals surface area (Å²) >= 11 is 5.56. The molecule has 1 aromatic rings. The lowest BCUT2D eigenvalue weighted by Gasteiger charge is -2.40. The van der Waals surface area contributed by atoms with Gasteiger partial charge in [0.2, 0.25) is 5.91 Å². The number of hydrogen-bond donors (Lipinski definition) is 2. The van der Waals surface area contributed by atoms with Crippen LogP contribution in [-0.4, -0.2) is 28.8 Å². The van der Waals surface area contributed by atoms with E-state index in [1.54, 1.807) is 13.8 Å². The number of Topliss-reactive ketones (excluding diaryl/α,β-unsaturated/α-hetero) is 1.